The zero-order valence-electron chi connectivity index (χ0n) is 11.0. The molecule has 0 aliphatic carbocycles. The molecule has 2 aromatic rings. The summed E-state index contributed by atoms with van der Waals surface area (Å²) in [6.45, 7) is 1.47. The van der Waals surface area contributed by atoms with Crippen molar-refractivity contribution < 1.29 is 14.6 Å². The maximum atomic E-state index is 10.8. The van der Waals surface area contributed by atoms with Crippen LogP contribution in [0.15, 0.2) is 29.4 Å². The number of imidazole rings is 1. The first-order valence-corrected chi connectivity index (χ1v) is 7.63. The lowest BCUT2D eigenvalue weighted by molar-refractivity contribution is -0.133. The number of carbonyl (C=O) groups is 1. The number of carboxylic acid groups (broad SMARTS) is 1. The summed E-state index contributed by atoms with van der Waals surface area (Å²) in [5.74, 6) is -0.801. The minimum atomic E-state index is -0.825. The van der Waals surface area contributed by atoms with E-state index in [1.165, 1.54) is 11.8 Å². The van der Waals surface area contributed by atoms with Crippen LogP contribution in [0.4, 0.5) is 0 Å². The number of thioether (sulfide) groups is 1. The van der Waals surface area contributed by atoms with Gasteiger partial charge in [0.05, 0.1) is 29.4 Å². The van der Waals surface area contributed by atoms with Gasteiger partial charge in [-0.1, -0.05) is 23.9 Å². The molecule has 5 nitrogen and oxygen atoms in total. The molecule has 1 aromatic carbocycles. The van der Waals surface area contributed by atoms with Crippen molar-refractivity contribution in [3.8, 4) is 0 Å². The average molecular weight is 292 g/mol. The predicted molar refractivity (Wildman–Crippen MR) is 77.2 cm³/mol. The van der Waals surface area contributed by atoms with E-state index in [1.54, 1.807) is 0 Å². The Bertz CT molecular complexity index is 620. The smallest absolute Gasteiger partial charge is 0.313 e. The summed E-state index contributed by atoms with van der Waals surface area (Å²) in [6, 6.07) is 8.16. The molecule has 0 spiro atoms. The van der Waals surface area contributed by atoms with Crippen molar-refractivity contribution in [2.75, 3.05) is 19.0 Å². The van der Waals surface area contributed by atoms with Crippen LogP contribution in [0.5, 0.6) is 0 Å². The highest BCUT2D eigenvalue weighted by Crippen LogP contribution is 2.31. The second kappa shape index (κ2) is 5.85. The fraction of sp³-hybridized carbons (Fsp3) is 0.429. The molecule has 106 valence electrons. The van der Waals surface area contributed by atoms with Crippen LogP contribution in [0.2, 0.25) is 0 Å². The first kappa shape index (κ1) is 13.5. The van der Waals surface area contributed by atoms with Crippen LogP contribution < -0.4 is 0 Å². The van der Waals surface area contributed by atoms with Gasteiger partial charge in [0.1, 0.15) is 0 Å². The van der Waals surface area contributed by atoms with E-state index in [0.717, 1.165) is 35.6 Å². The third kappa shape index (κ3) is 2.66. The molecular weight excluding hydrogens is 276 g/mol. The van der Waals surface area contributed by atoms with E-state index in [0.29, 0.717) is 6.61 Å². The maximum absolute atomic E-state index is 10.8. The number of carboxylic acids is 1. The van der Waals surface area contributed by atoms with Crippen LogP contribution in [0, 0.1) is 0 Å². The minimum Gasteiger partial charge on any atom is -0.481 e. The van der Waals surface area contributed by atoms with Crippen molar-refractivity contribution >= 4 is 28.8 Å². The van der Waals surface area contributed by atoms with Gasteiger partial charge in [-0.25, -0.2) is 4.98 Å². The number of hydrogen-bond acceptors (Lipinski definition) is 4. The lowest BCUT2D eigenvalue weighted by Gasteiger charge is -2.25. The van der Waals surface area contributed by atoms with Gasteiger partial charge in [-0.3, -0.25) is 4.79 Å². The molecular formula is C14H16N2O3S. The van der Waals surface area contributed by atoms with E-state index in [2.05, 4.69) is 9.55 Å². The van der Waals surface area contributed by atoms with Gasteiger partial charge in [0.15, 0.2) is 5.16 Å². The summed E-state index contributed by atoms with van der Waals surface area (Å²) in [5.41, 5.74) is 1.96. The highest BCUT2D eigenvalue weighted by molar-refractivity contribution is 7.99. The van der Waals surface area contributed by atoms with Crippen LogP contribution in [0.1, 0.15) is 18.9 Å². The highest BCUT2D eigenvalue weighted by atomic mass is 32.2. The summed E-state index contributed by atoms with van der Waals surface area (Å²) in [4.78, 5) is 15.4. The number of nitrogens with zero attached hydrogens (tertiary/aromatic N) is 2. The fourth-order valence-electron chi connectivity index (χ4n) is 2.53. The molecule has 2 heterocycles. The molecule has 1 saturated heterocycles. The zero-order valence-corrected chi connectivity index (χ0v) is 11.8. The second-order valence-corrected chi connectivity index (χ2v) is 5.75. The zero-order chi connectivity index (χ0) is 13.9. The molecule has 20 heavy (non-hydrogen) atoms. The monoisotopic (exact) mass is 292 g/mol. The first-order chi connectivity index (χ1) is 9.75. The van der Waals surface area contributed by atoms with Crippen LogP contribution in [0.3, 0.4) is 0 Å². The highest BCUT2D eigenvalue weighted by Gasteiger charge is 2.22. The van der Waals surface area contributed by atoms with E-state index in [4.69, 9.17) is 9.84 Å². The molecule has 1 aromatic heterocycles. The third-order valence-corrected chi connectivity index (χ3v) is 4.33. The third-order valence-electron chi connectivity index (χ3n) is 3.39. The number of aliphatic carboxylic acids is 1. The molecule has 0 saturated carbocycles. The molecule has 3 rings (SSSR count). The summed E-state index contributed by atoms with van der Waals surface area (Å²) in [5, 5.41) is 9.64. The van der Waals surface area contributed by atoms with Crippen molar-refractivity contribution in [3.63, 3.8) is 0 Å². The van der Waals surface area contributed by atoms with Crippen molar-refractivity contribution in [2.45, 2.75) is 24.0 Å². The molecule has 1 atom stereocenters. The topological polar surface area (TPSA) is 64.3 Å². The maximum Gasteiger partial charge on any atom is 0.313 e. The normalized spacial score (nSPS) is 19.3. The Balaban J connectivity index is 2.00. The summed E-state index contributed by atoms with van der Waals surface area (Å²) in [7, 11) is 0. The number of para-hydroxylation sites is 2. The summed E-state index contributed by atoms with van der Waals surface area (Å²) in [6.07, 6.45) is 2.07. The number of aromatic nitrogens is 2. The molecule has 1 N–H and O–H groups in total. The Morgan fingerprint density at radius 1 is 1.50 bits per heavy atom. The van der Waals surface area contributed by atoms with E-state index in [-0.39, 0.29) is 11.8 Å². The Kier molecular flexibility index (Phi) is 3.93. The van der Waals surface area contributed by atoms with Crippen molar-refractivity contribution in [1.82, 2.24) is 9.55 Å². The quantitative estimate of drug-likeness (QED) is 0.877. The van der Waals surface area contributed by atoms with Gasteiger partial charge < -0.3 is 14.4 Å². The van der Waals surface area contributed by atoms with Gasteiger partial charge in [0.2, 0.25) is 0 Å². The van der Waals surface area contributed by atoms with Crippen LogP contribution in [-0.4, -0.2) is 39.6 Å². The van der Waals surface area contributed by atoms with Gasteiger partial charge >= 0.3 is 5.97 Å². The molecule has 0 radical (unpaired) electrons. The Labute approximate surface area is 120 Å². The fourth-order valence-corrected chi connectivity index (χ4v) is 3.33. The van der Waals surface area contributed by atoms with Gasteiger partial charge in [0, 0.05) is 6.61 Å². The number of rotatable bonds is 4. The average Bonchev–Trinajstić information content (AvgIpc) is 2.84. The van der Waals surface area contributed by atoms with E-state index in [1.807, 2.05) is 24.3 Å². The number of hydrogen-bond donors (Lipinski definition) is 1. The Morgan fingerprint density at radius 2 is 2.35 bits per heavy atom. The first-order valence-electron chi connectivity index (χ1n) is 6.65. The molecule has 1 aliphatic heterocycles. The Hall–Kier alpha value is -1.53. The lowest BCUT2D eigenvalue weighted by Crippen LogP contribution is -2.22. The number of benzene rings is 1. The second-order valence-electron chi connectivity index (χ2n) is 4.81. The van der Waals surface area contributed by atoms with Gasteiger partial charge in [-0.05, 0) is 25.0 Å². The van der Waals surface area contributed by atoms with Crippen LogP contribution in [0.25, 0.3) is 11.0 Å². The van der Waals surface area contributed by atoms with E-state index in [9.17, 15) is 4.79 Å². The van der Waals surface area contributed by atoms with Crippen LogP contribution >= 0.6 is 11.8 Å². The summed E-state index contributed by atoms with van der Waals surface area (Å²) >= 11 is 1.27. The Morgan fingerprint density at radius 3 is 3.10 bits per heavy atom. The SMILES string of the molecule is O=C(O)CSc1nc2ccccc2n1C1CCCOC1. The minimum absolute atomic E-state index is 0.0247. The van der Waals surface area contributed by atoms with Gasteiger partial charge in [0.25, 0.3) is 0 Å². The molecule has 1 unspecified atom stereocenters. The van der Waals surface area contributed by atoms with E-state index >= 15 is 0 Å². The molecule has 1 aliphatic rings. The summed E-state index contributed by atoms with van der Waals surface area (Å²) < 4.78 is 7.70. The molecule has 0 bridgehead atoms. The van der Waals surface area contributed by atoms with Crippen LogP contribution in [-0.2, 0) is 9.53 Å². The van der Waals surface area contributed by atoms with Crippen molar-refractivity contribution in [3.05, 3.63) is 24.3 Å². The largest absolute Gasteiger partial charge is 0.481 e. The number of fused-ring (bicyclic) bond motifs is 1. The van der Waals surface area contributed by atoms with Crippen molar-refractivity contribution in [2.24, 2.45) is 0 Å². The number of ether oxygens (including phenoxy) is 1. The molecule has 6 heteroatoms. The van der Waals surface area contributed by atoms with E-state index < -0.39 is 5.97 Å². The predicted octanol–water partition coefficient (Wildman–Crippen LogP) is 2.56. The standard InChI is InChI=1S/C14H16N2O3S/c17-13(18)9-20-14-15-11-5-1-2-6-12(11)16(14)10-4-3-7-19-8-10/h1-2,5-6,10H,3-4,7-9H2,(H,17,18). The van der Waals surface area contributed by atoms with Gasteiger partial charge in [-0.2, -0.15) is 0 Å². The van der Waals surface area contributed by atoms with Gasteiger partial charge in [-0.15, -0.1) is 0 Å². The molecule has 0 amide bonds. The lowest BCUT2D eigenvalue weighted by atomic mass is 10.1. The molecule has 1 fully saturated rings. The van der Waals surface area contributed by atoms with Crippen molar-refractivity contribution in [1.29, 1.82) is 0 Å².